The second-order valence-corrected chi connectivity index (χ2v) is 6.06. The van der Waals surface area contributed by atoms with Gasteiger partial charge in [0.2, 0.25) is 11.8 Å². The minimum Gasteiger partial charge on any atom is -0.348 e. The van der Waals surface area contributed by atoms with E-state index in [0.29, 0.717) is 24.7 Å². The third-order valence-corrected chi connectivity index (χ3v) is 4.43. The molecule has 1 aliphatic rings. The van der Waals surface area contributed by atoms with Crippen LogP contribution in [0.25, 0.3) is 0 Å². The normalized spacial score (nSPS) is 17.3. The molecule has 1 saturated carbocycles. The van der Waals surface area contributed by atoms with Gasteiger partial charge in [0.25, 0.3) is 0 Å². The van der Waals surface area contributed by atoms with E-state index in [1.165, 1.54) is 19.3 Å². The largest absolute Gasteiger partial charge is 0.348 e. The van der Waals surface area contributed by atoms with Crippen molar-refractivity contribution in [1.82, 2.24) is 20.0 Å². The molecule has 118 valence electrons. The van der Waals surface area contributed by atoms with Gasteiger partial charge in [0, 0.05) is 12.4 Å². The van der Waals surface area contributed by atoms with Gasteiger partial charge in [-0.2, -0.15) is 4.98 Å². The van der Waals surface area contributed by atoms with Crippen LogP contribution in [0.15, 0.2) is 29.0 Å². The molecule has 1 N–H and O–H groups in total. The van der Waals surface area contributed by atoms with Crippen LogP contribution < -0.4 is 5.32 Å². The minimum absolute atomic E-state index is 0.0338. The highest BCUT2D eigenvalue weighted by Crippen LogP contribution is 2.37. The van der Waals surface area contributed by atoms with Gasteiger partial charge in [0.1, 0.15) is 0 Å². The summed E-state index contributed by atoms with van der Waals surface area (Å²) in [6, 6.07) is 4.05. The van der Waals surface area contributed by atoms with Crippen LogP contribution in [0.4, 0.5) is 0 Å². The van der Waals surface area contributed by atoms with E-state index in [2.05, 4.69) is 32.4 Å². The van der Waals surface area contributed by atoms with Gasteiger partial charge in [0.05, 0.1) is 18.5 Å². The number of carbonyl (C=O) groups excluding carboxylic acids is 1. The second-order valence-electron chi connectivity index (χ2n) is 6.06. The predicted molar refractivity (Wildman–Crippen MR) is 81.0 cm³/mol. The summed E-state index contributed by atoms with van der Waals surface area (Å²) in [7, 11) is 0. The summed E-state index contributed by atoms with van der Waals surface area (Å²) in [6.45, 7) is 2.05. The zero-order chi connectivity index (χ0) is 15.4. The van der Waals surface area contributed by atoms with Crippen molar-refractivity contribution in [1.29, 1.82) is 0 Å². The lowest BCUT2D eigenvalue weighted by atomic mass is 9.78. The Bertz CT molecular complexity index is 612. The molecule has 0 radical (unpaired) electrons. The van der Waals surface area contributed by atoms with Crippen molar-refractivity contribution < 1.29 is 9.32 Å². The van der Waals surface area contributed by atoms with Crippen LogP contribution in [0.2, 0.25) is 0 Å². The Morgan fingerprint density at radius 2 is 2.05 bits per heavy atom. The van der Waals surface area contributed by atoms with Gasteiger partial charge in [-0.25, -0.2) is 0 Å². The van der Waals surface area contributed by atoms with Gasteiger partial charge in [-0.05, 0) is 31.9 Å². The van der Waals surface area contributed by atoms with Crippen LogP contribution >= 0.6 is 0 Å². The first kappa shape index (κ1) is 14.8. The van der Waals surface area contributed by atoms with Crippen LogP contribution in [0.1, 0.15) is 50.2 Å². The van der Waals surface area contributed by atoms with Crippen LogP contribution in [-0.4, -0.2) is 20.6 Å². The highest BCUT2D eigenvalue weighted by Gasteiger charge is 2.35. The zero-order valence-electron chi connectivity index (χ0n) is 12.9. The maximum absolute atomic E-state index is 12.4. The molecule has 3 rings (SSSR count). The fourth-order valence-corrected chi connectivity index (χ4v) is 3.33. The number of carbonyl (C=O) groups is 1. The van der Waals surface area contributed by atoms with Crippen LogP contribution in [0, 0.1) is 6.92 Å². The Morgan fingerprint density at radius 3 is 2.68 bits per heavy atom. The Morgan fingerprint density at radius 1 is 1.32 bits per heavy atom. The Labute approximate surface area is 129 Å². The van der Waals surface area contributed by atoms with Crippen molar-refractivity contribution in [3.05, 3.63) is 36.2 Å². The summed E-state index contributed by atoms with van der Waals surface area (Å²) in [4.78, 5) is 16.5. The molecule has 1 amide bonds. The van der Waals surface area contributed by atoms with Crippen molar-refractivity contribution in [3.63, 3.8) is 0 Å². The molecular weight excluding hydrogens is 280 g/mol. The van der Waals surface area contributed by atoms with Gasteiger partial charge in [0.15, 0.2) is 5.82 Å². The van der Waals surface area contributed by atoms with E-state index < -0.39 is 0 Å². The molecule has 0 bridgehead atoms. The quantitative estimate of drug-likeness (QED) is 0.921. The summed E-state index contributed by atoms with van der Waals surface area (Å²) in [5.41, 5.74) is -0.0867. The lowest BCUT2D eigenvalue weighted by Gasteiger charge is -2.38. The molecule has 1 aliphatic carbocycles. The van der Waals surface area contributed by atoms with E-state index in [9.17, 15) is 4.79 Å². The molecule has 22 heavy (non-hydrogen) atoms. The van der Waals surface area contributed by atoms with Crippen molar-refractivity contribution in [2.45, 2.75) is 57.5 Å². The average Bonchev–Trinajstić information content (AvgIpc) is 3.18. The Kier molecular flexibility index (Phi) is 4.27. The molecule has 2 aromatic heterocycles. The molecule has 0 atom stereocenters. The smallest absolute Gasteiger partial charge is 0.246 e. The lowest BCUT2D eigenvalue weighted by Crippen LogP contribution is -2.40. The fourth-order valence-electron chi connectivity index (χ4n) is 3.33. The van der Waals surface area contributed by atoms with Gasteiger partial charge in [-0.15, -0.1) is 0 Å². The van der Waals surface area contributed by atoms with E-state index in [0.717, 1.165) is 12.8 Å². The predicted octanol–water partition coefficient (Wildman–Crippen LogP) is 2.55. The van der Waals surface area contributed by atoms with E-state index in [1.54, 1.807) is 6.92 Å². The summed E-state index contributed by atoms with van der Waals surface area (Å²) < 4.78 is 7.23. The molecule has 6 nitrogen and oxygen atoms in total. The first-order valence-electron chi connectivity index (χ1n) is 7.87. The third kappa shape index (κ3) is 3.21. The van der Waals surface area contributed by atoms with Gasteiger partial charge in [-0.1, -0.05) is 24.4 Å². The van der Waals surface area contributed by atoms with Gasteiger partial charge in [-0.3, -0.25) is 4.79 Å². The van der Waals surface area contributed by atoms with Gasteiger partial charge >= 0.3 is 0 Å². The number of hydrogen-bond donors (Lipinski definition) is 1. The summed E-state index contributed by atoms with van der Waals surface area (Å²) in [5.74, 6) is 1.07. The second kappa shape index (κ2) is 6.34. The highest BCUT2D eigenvalue weighted by molar-refractivity contribution is 5.76. The molecule has 2 heterocycles. The molecule has 0 aromatic carbocycles. The van der Waals surface area contributed by atoms with E-state index in [-0.39, 0.29) is 11.4 Å². The topological polar surface area (TPSA) is 73.0 Å². The monoisotopic (exact) mass is 302 g/mol. The number of nitrogens with zero attached hydrogens (tertiary/aromatic N) is 3. The summed E-state index contributed by atoms with van der Waals surface area (Å²) >= 11 is 0. The van der Waals surface area contributed by atoms with Crippen LogP contribution in [-0.2, 0) is 16.9 Å². The number of rotatable bonds is 5. The van der Waals surface area contributed by atoms with Crippen LogP contribution in [0.5, 0.6) is 0 Å². The summed E-state index contributed by atoms with van der Waals surface area (Å²) in [6.07, 6.45) is 10.3. The molecule has 0 aliphatic heterocycles. The van der Waals surface area contributed by atoms with Crippen molar-refractivity contribution in [2.24, 2.45) is 0 Å². The van der Waals surface area contributed by atoms with Gasteiger partial charge < -0.3 is 14.4 Å². The first-order valence-corrected chi connectivity index (χ1v) is 7.87. The lowest BCUT2D eigenvalue weighted by molar-refractivity contribution is -0.124. The fraction of sp³-hybridized carbons (Fsp3) is 0.562. The van der Waals surface area contributed by atoms with E-state index in [1.807, 2.05) is 12.1 Å². The molecule has 0 spiro atoms. The number of aryl methyl sites for hydroxylation is 1. The standard InChI is InChI=1S/C16H22N4O2/c1-13-18-15(22-19-13)12-17-14(21)11-16(7-3-2-4-8-16)20-9-5-6-10-20/h5-6,9-10H,2-4,7-8,11-12H2,1H3,(H,17,21). The molecular formula is C16H22N4O2. The number of aromatic nitrogens is 3. The Balaban J connectivity index is 1.64. The summed E-state index contributed by atoms with van der Waals surface area (Å²) in [5, 5.41) is 6.62. The SMILES string of the molecule is Cc1noc(CNC(=O)CC2(n3cccc3)CCCCC2)n1. The Hall–Kier alpha value is -2.11. The molecule has 2 aromatic rings. The minimum atomic E-state index is -0.0867. The van der Waals surface area contributed by atoms with E-state index >= 15 is 0 Å². The third-order valence-electron chi connectivity index (χ3n) is 4.43. The highest BCUT2D eigenvalue weighted by atomic mass is 16.5. The molecule has 6 heteroatoms. The number of nitrogens with one attached hydrogen (secondary N) is 1. The average molecular weight is 302 g/mol. The van der Waals surface area contributed by atoms with Crippen molar-refractivity contribution in [3.8, 4) is 0 Å². The van der Waals surface area contributed by atoms with Crippen LogP contribution in [0.3, 0.4) is 0 Å². The molecule has 0 saturated heterocycles. The first-order chi connectivity index (χ1) is 10.7. The van der Waals surface area contributed by atoms with Crippen molar-refractivity contribution in [2.75, 3.05) is 0 Å². The van der Waals surface area contributed by atoms with Crippen molar-refractivity contribution >= 4 is 5.91 Å². The number of amides is 1. The molecule has 1 fully saturated rings. The number of hydrogen-bond acceptors (Lipinski definition) is 4. The zero-order valence-corrected chi connectivity index (χ0v) is 12.9. The maximum Gasteiger partial charge on any atom is 0.246 e. The van der Waals surface area contributed by atoms with E-state index in [4.69, 9.17) is 4.52 Å². The maximum atomic E-state index is 12.4. The molecule has 0 unspecified atom stereocenters.